The Bertz CT molecular complexity index is 1140. The second kappa shape index (κ2) is 18.2. The highest BCUT2D eigenvalue weighted by molar-refractivity contribution is 7.99. The first-order chi connectivity index (χ1) is 19.7. The zero-order valence-electron chi connectivity index (χ0n) is 23.5. The highest BCUT2D eigenvalue weighted by atomic mass is 32.2. The molecule has 40 heavy (non-hydrogen) atoms. The Labute approximate surface area is 242 Å². The van der Waals surface area contributed by atoms with Crippen LogP contribution < -0.4 is 14.8 Å². The second-order valence-corrected chi connectivity index (χ2v) is 10.4. The molecule has 1 amide bonds. The maximum Gasteiger partial charge on any atom is 0.407 e. The molecular weight excluding hydrogens is 526 g/mol. The summed E-state index contributed by atoms with van der Waals surface area (Å²) < 4.78 is 21.9. The molecule has 0 aromatic heterocycles. The maximum absolute atomic E-state index is 11.7. The van der Waals surface area contributed by atoms with Gasteiger partial charge in [0.05, 0.1) is 27.4 Å². The van der Waals surface area contributed by atoms with E-state index in [4.69, 9.17) is 24.1 Å². The van der Waals surface area contributed by atoms with Crippen LogP contribution in [-0.4, -0.2) is 63.3 Å². The van der Waals surface area contributed by atoms with Crippen molar-refractivity contribution in [3.05, 3.63) is 72.3 Å². The van der Waals surface area contributed by atoms with Crippen molar-refractivity contribution < 1.29 is 28.8 Å². The van der Waals surface area contributed by atoms with E-state index in [9.17, 15) is 4.79 Å². The molecule has 8 heteroatoms. The van der Waals surface area contributed by atoms with Gasteiger partial charge in [0, 0.05) is 24.7 Å². The van der Waals surface area contributed by atoms with Gasteiger partial charge in [0.2, 0.25) is 0 Å². The number of aliphatic hydroxyl groups excluding tert-OH is 1. The van der Waals surface area contributed by atoms with Crippen molar-refractivity contribution >= 4 is 17.9 Å². The zero-order chi connectivity index (χ0) is 28.4. The number of unbranched alkanes of at least 4 members (excludes halogenated alkanes) is 3. The number of hydrogen-bond acceptors (Lipinski definition) is 7. The summed E-state index contributed by atoms with van der Waals surface area (Å²) in [5.41, 5.74) is 5.66. The van der Waals surface area contributed by atoms with Crippen LogP contribution in [0.3, 0.4) is 0 Å². The van der Waals surface area contributed by atoms with Gasteiger partial charge in [-0.2, -0.15) is 11.8 Å². The van der Waals surface area contributed by atoms with Crippen molar-refractivity contribution in [2.45, 2.75) is 32.3 Å². The largest absolute Gasteiger partial charge is 0.497 e. The van der Waals surface area contributed by atoms with E-state index in [1.807, 2.05) is 24.3 Å². The van der Waals surface area contributed by atoms with Gasteiger partial charge in [0.25, 0.3) is 0 Å². The first-order valence-electron chi connectivity index (χ1n) is 13.7. The number of carbonyl (C=O) groups is 1. The molecular formula is C32H41NO6S. The fraction of sp³-hybridized carbons (Fsp3) is 0.406. The minimum absolute atomic E-state index is 0.143. The number of carbonyl (C=O) groups excluding carboxylic acids is 1. The molecule has 0 saturated heterocycles. The number of amides is 1. The molecule has 2 N–H and O–H groups in total. The van der Waals surface area contributed by atoms with Crippen LogP contribution >= 0.6 is 11.8 Å². The second-order valence-electron chi connectivity index (χ2n) is 9.16. The van der Waals surface area contributed by atoms with Gasteiger partial charge < -0.3 is 29.4 Å². The molecule has 0 atom stereocenters. The highest BCUT2D eigenvalue weighted by Gasteiger charge is 2.13. The van der Waals surface area contributed by atoms with Gasteiger partial charge in [0.1, 0.15) is 18.1 Å². The van der Waals surface area contributed by atoms with Gasteiger partial charge in [0.15, 0.2) is 0 Å². The third-order valence-corrected chi connectivity index (χ3v) is 7.30. The van der Waals surface area contributed by atoms with Crippen LogP contribution in [0.5, 0.6) is 11.5 Å². The van der Waals surface area contributed by atoms with Gasteiger partial charge in [-0.05, 0) is 64.9 Å². The number of nitrogens with one attached hydrogen (secondary N) is 1. The Kier molecular flexibility index (Phi) is 14.3. The predicted octanol–water partition coefficient (Wildman–Crippen LogP) is 6.57. The molecule has 3 aromatic rings. The number of methoxy groups -OCH3 is 2. The summed E-state index contributed by atoms with van der Waals surface area (Å²) >= 11 is 1.56. The van der Waals surface area contributed by atoms with Crippen molar-refractivity contribution in [1.29, 1.82) is 0 Å². The van der Waals surface area contributed by atoms with Crippen LogP contribution in [0.1, 0.15) is 31.2 Å². The highest BCUT2D eigenvalue weighted by Crippen LogP contribution is 2.36. The topological polar surface area (TPSA) is 86.3 Å². The van der Waals surface area contributed by atoms with E-state index in [1.165, 1.54) is 0 Å². The Morgan fingerprint density at radius 2 is 1.48 bits per heavy atom. The lowest BCUT2D eigenvalue weighted by Gasteiger charge is -2.17. The lowest BCUT2D eigenvalue weighted by Crippen LogP contribution is -2.26. The molecule has 3 rings (SSSR count). The molecule has 0 aliphatic heterocycles. The smallest absolute Gasteiger partial charge is 0.407 e. The molecule has 0 radical (unpaired) electrons. The number of ether oxygens (including phenoxy) is 4. The summed E-state index contributed by atoms with van der Waals surface area (Å²) in [5, 5.41) is 11.5. The third-order valence-electron chi connectivity index (χ3n) is 6.37. The Morgan fingerprint density at radius 1 is 0.800 bits per heavy atom. The molecule has 0 aliphatic carbocycles. The lowest BCUT2D eigenvalue weighted by atomic mass is 9.90. The number of thioether (sulfide) groups is 1. The van der Waals surface area contributed by atoms with Crippen molar-refractivity contribution in [3.8, 4) is 33.8 Å². The molecule has 7 nitrogen and oxygen atoms in total. The van der Waals surface area contributed by atoms with Crippen LogP contribution in [0.15, 0.2) is 66.7 Å². The zero-order valence-corrected chi connectivity index (χ0v) is 24.3. The van der Waals surface area contributed by atoms with Crippen LogP contribution in [0.2, 0.25) is 0 Å². The minimum atomic E-state index is -0.377. The van der Waals surface area contributed by atoms with Gasteiger partial charge in [-0.25, -0.2) is 4.79 Å². The number of benzene rings is 3. The Hall–Kier alpha value is -3.20. The molecule has 0 heterocycles. The molecule has 3 aromatic carbocycles. The van der Waals surface area contributed by atoms with Crippen molar-refractivity contribution in [3.63, 3.8) is 0 Å². The average Bonchev–Trinajstić information content (AvgIpc) is 3.00. The molecule has 0 unspecified atom stereocenters. The van der Waals surface area contributed by atoms with Crippen LogP contribution in [0.25, 0.3) is 22.3 Å². The minimum Gasteiger partial charge on any atom is -0.497 e. The van der Waals surface area contributed by atoms with Crippen LogP contribution in [-0.2, 0) is 16.1 Å². The van der Waals surface area contributed by atoms with Gasteiger partial charge in [-0.1, -0.05) is 55.3 Å². The number of hydrogen-bond donors (Lipinski definition) is 2. The van der Waals surface area contributed by atoms with E-state index in [0.29, 0.717) is 37.9 Å². The summed E-state index contributed by atoms with van der Waals surface area (Å²) in [6.07, 6.45) is 3.53. The van der Waals surface area contributed by atoms with E-state index >= 15 is 0 Å². The molecule has 0 spiro atoms. The summed E-state index contributed by atoms with van der Waals surface area (Å²) in [5.74, 6) is 3.01. The van der Waals surface area contributed by atoms with E-state index < -0.39 is 0 Å². The quantitative estimate of drug-likeness (QED) is 0.168. The summed E-state index contributed by atoms with van der Waals surface area (Å²) in [6.45, 7) is 2.30. The first-order valence-corrected chi connectivity index (χ1v) is 14.9. The van der Waals surface area contributed by atoms with E-state index in [-0.39, 0.29) is 12.7 Å². The van der Waals surface area contributed by atoms with Crippen molar-refractivity contribution in [2.24, 2.45) is 0 Å². The Morgan fingerprint density at radius 3 is 2.15 bits per heavy atom. The van der Waals surface area contributed by atoms with Gasteiger partial charge >= 0.3 is 6.09 Å². The molecule has 0 saturated carbocycles. The van der Waals surface area contributed by atoms with Crippen LogP contribution in [0, 0.1) is 0 Å². The standard InChI is InChI=1S/C32H41NO6S/c1-36-28-14-10-25(11-15-28)30-9-7-8-27(31(30)26-12-16-29(37-2)17-13-26)24-38-20-6-4-3-5-18-33-32(35)39-21-23-40-22-19-34/h7-17,34H,3-6,18-24H2,1-2H3,(H,33,35). The fourth-order valence-corrected chi connectivity index (χ4v) is 4.83. The fourth-order valence-electron chi connectivity index (χ4n) is 4.30. The molecule has 0 fully saturated rings. The molecule has 0 bridgehead atoms. The van der Waals surface area contributed by atoms with E-state index in [1.54, 1.807) is 26.0 Å². The SMILES string of the molecule is COc1ccc(-c2cccc(COCCCCCCNC(=O)OCCSCCO)c2-c2ccc(OC)cc2)cc1. The number of aliphatic hydroxyl groups is 1. The van der Waals surface area contributed by atoms with Crippen molar-refractivity contribution in [1.82, 2.24) is 5.32 Å². The van der Waals surface area contributed by atoms with E-state index in [2.05, 4.69) is 47.8 Å². The first kappa shape index (κ1) is 31.3. The van der Waals surface area contributed by atoms with Crippen molar-refractivity contribution in [2.75, 3.05) is 52.1 Å². The van der Waals surface area contributed by atoms with Crippen LogP contribution in [0.4, 0.5) is 4.79 Å². The van der Waals surface area contributed by atoms with Gasteiger partial charge in [-0.15, -0.1) is 0 Å². The normalized spacial score (nSPS) is 10.8. The number of rotatable bonds is 18. The molecule has 216 valence electrons. The monoisotopic (exact) mass is 567 g/mol. The predicted molar refractivity (Wildman–Crippen MR) is 162 cm³/mol. The lowest BCUT2D eigenvalue weighted by molar-refractivity contribution is 0.117. The summed E-state index contributed by atoms with van der Waals surface area (Å²) in [7, 11) is 3.35. The average molecular weight is 568 g/mol. The third kappa shape index (κ3) is 10.4. The Balaban J connectivity index is 1.48. The molecule has 0 aliphatic rings. The summed E-state index contributed by atoms with van der Waals surface area (Å²) in [4.78, 5) is 11.7. The van der Waals surface area contributed by atoms with E-state index in [0.717, 1.165) is 65.0 Å². The number of alkyl carbamates (subject to hydrolysis) is 1. The van der Waals surface area contributed by atoms with Gasteiger partial charge in [-0.3, -0.25) is 0 Å². The maximum atomic E-state index is 11.7. The summed E-state index contributed by atoms with van der Waals surface area (Å²) in [6, 6.07) is 22.6.